The number of amides is 1. The maximum atomic E-state index is 12.5. The highest BCUT2D eigenvalue weighted by atomic mass is 35.5. The Morgan fingerprint density at radius 2 is 1.95 bits per heavy atom. The van der Waals surface area contributed by atoms with Crippen LogP contribution in [-0.4, -0.2) is 21.8 Å². The minimum atomic E-state index is -0.105. The molecule has 0 saturated heterocycles. The molecule has 2 aromatic rings. The predicted molar refractivity (Wildman–Crippen MR) is 80.7 cm³/mol. The van der Waals surface area contributed by atoms with E-state index in [1.807, 2.05) is 44.2 Å². The fourth-order valence-corrected chi connectivity index (χ4v) is 2.10. The molecule has 0 aliphatic heterocycles. The van der Waals surface area contributed by atoms with Gasteiger partial charge in [-0.3, -0.25) is 9.78 Å². The van der Waals surface area contributed by atoms with Crippen LogP contribution in [0.5, 0.6) is 0 Å². The van der Waals surface area contributed by atoms with E-state index in [0.29, 0.717) is 17.3 Å². The Balaban J connectivity index is 2.23. The van der Waals surface area contributed by atoms with E-state index in [-0.39, 0.29) is 11.9 Å². The maximum Gasteiger partial charge on any atom is 0.273 e. The third kappa shape index (κ3) is 3.58. The van der Waals surface area contributed by atoms with Gasteiger partial charge in [0.2, 0.25) is 0 Å². The minimum absolute atomic E-state index is 0.0866. The van der Waals surface area contributed by atoms with Gasteiger partial charge in [-0.15, -0.1) is 0 Å². The monoisotopic (exact) mass is 288 g/mol. The molecule has 1 aromatic heterocycles. The van der Waals surface area contributed by atoms with E-state index in [0.717, 1.165) is 5.56 Å². The normalized spacial score (nSPS) is 10.6. The lowest BCUT2D eigenvalue weighted by atomic mass is 10.1. The summed E-state index contributed by atoms with van der Waals surface area (Å²) in [5.74, 6) is -0.105. The van der Waals surface area contributed by atoms with Crippen LogP contribution in [0.25, 0.3) is 0 Å². The number of carbonyl (C=O) groups excluding carboxylic acids is 1. The summed E-state index contributed by atoms with van der Waals surface area (Å²) in [6, 6.07) is 13.3. The van der Waals surface area contributed by atoms with Gasteiger partial charge in [0.05, 0.1) is 0 Å². The van der Waals surface area contributed by atoms with Gasteiger partial charge < -0.3 is 4.90 Å². The molecule has 104 valence electrons. The summed E-state index contributed by atoms with van der Waals surface area (Å²) in [6.45, 7) is 4.54. The van der Waals surface area contributed by atoms with Gasteiger partial charge in [-0.05, 0) is 31.5 Å². The van der Waals surface area contributed by atoms with Crippen LogP contribution in [0.2, 0.25) is 5.02 Å². The van der Waals surface area contributed by atoms with Crippen LogP contribution >= 0.6 is 11.6 Å². The van der Waals surface area contributed by atoms with Gasteiger partial charge in [-0.1, -0.05) is 41.9 Å². The number of halogens is 1. The lowest BCUT2D eigenvalue weighted by molar-refractivity contribution is 0.0684. The summed E-state index contributed by atoms with van der Waals surface area (Å²) in [6.07, 6.45) is 1.55. The highest BCUT2D eigenvalue weighted by molar-refractivity contribution is 6.30. The number of pyridine rings is 1. The van der Waals surface area contributed by atoms with Crippen LogP contribution in [0, 0.1) is 0 Å². The van der Waals surface area contributed by atoms with E-state index in [1.165, 1.54) is 0 Å². The molecule has 1 aromatic carbocycles. The van der Waals surface area contributed by atoms with E-state index >= 15 is 0 Å². The van der Waals surface area contributed by atoms with Crippen LogP contribution in [0.1, 0.15) is 29.9 Å². The average Bonchev–Trinajstić information content (AvgIpc) is 2.45. The summed E-state index contributed by atoms with van der Waals surface area (Å²) in [5, 5.41) is 0.520. The van der Waals surface area contributed by atoms with E-state index < -0.39 is 0 Å². The number of benzene rings is 1. The molecule has 0 aliphatic carbocycles. The molecule has 0 saturated carbocycles. The standard InChI is InChI=1S/C16H17ClN2O/c1-12(2)19(11-13-6-4-3-5-7-13)16(20)15-10-14(17)8-9-18-15/h3-10,12H,11H2,1-2H3. The zero-order chi connectivity index (χ0) is 14.5. The van der Waals surface area contributed by atoms with Crippen molar-refractivity contribution in [3.05, 3.63) is 64.9 Å². The second-order valence-corrected chi connectivity index (χ2v) is 5.31. The van der Waals surface area contributed by atoms with Crippen LogP contribution in [-0.2, 0) is 6.54 Å². The Labute approximate surface area is 124 Å². The molecule has 0 atom stereocenters. The Bertz CT molecular complexity index is 584. The lowest BCUT2D eigenvalue weighted by Crippen LogP contribution is -2.36. The van der Waals surface area contributed by atoms with Gasteiger partial charge in [0, 0.05) is 23.8 Å². The van der Waals surface area contributed by atoms with Crippen molar-refractivity contribution in [2.24, 2.45) is 0 Å². The van der Waals surface area contributed by atoms with Crippen molar-refractivity contribution in [3.63, 3.8) is 0 Å². The van der Waals surface area contributed by atoms with Crippen LogP contribution in [0.4, 0.5) is 0 Å². The van der Waals surface area contributed by atoms with Gasteiger partial charge in [0.1, 0.15) is 5.69 Å². The SMILES string of the molecule is CC(C)N(Cc1ccccc1)C(=O)c1cc(Cl)ccn1. The minimum Gasteiger partial charge on any atom is -0.331 e. The van der Waals surface area contributed by atoms with Gasteiger partial charge in [0.15, 0.2) is 0 Å². The van der Waals surface area contributed by atoms with E-state index in [9.17, 15) is 4.79 Å². The number of hydrogen-bond donors (Lipinski definition) is 0. The number of nitrogens with zero attached hydrogens (tertiary/aromatic N) is 2. The third-order valence-corrected chi connectivity index (χ3v) is 3.26. The Morgan fingerprint density at radius 3 is 2.55 bits per heavy atom. The van der Waals surface area contributed by atoms with E-state index in [2.05, 4.69) is 4.98 Å². The summed E-state index contributed by atoms with van der Waals surface area (Å²) in [4.78, 5) is 18.4. The topological polar surface area (TPSA) is 33.2 Å². The van der Waals surface area contributed by atoms with Crippen LogP contribution in [0.3, 0.4) is 0 Å². The molecule has 0 bridgehead atoms. The molecule has 0 unspecified atom stereocenters. The fourth-order valence-electron chi connectivity index (χ4n) is 1.94. The van der Waals surface area contributed by atoms with Crippen molar-refractivity contribution < 1.29 is 4.79 Å². The maximum absolute atomic E-state index is 12.5. The molecule has 0 radical (unpaired) electrons. The summed E-state index contributed by atoms with van der Waals surface area (Å²) in [7, 11) is 0. The second kappa shape index (κ2) is 6.53. The molecule has 1 heterocycles. The highest BCUT2D eigenvalue weighted by Gasteiger charge is 2.20. The average molecular weight is 289 g/mol. The van der Waals surface area contributed by atoms with Gasteiger partial charge in [-0.2, -0.15) is 0 Å². The third-order valence-electron chi connectivity index (χ3n) is 3.02. The van der Waals surface area contributed by atoms with Gasteiger partial charge in [0.25, 0.3) is 5.91 Å². The van der Waals surface area contributed by atoms with Gasteiger partial charge in [-0.25, -0.2) is 0 Å². The van der Waals surface area contributed by atoms with Crippen molar-refractivity contribution in [2.45, 2.75) is 26.4 Å². The molecule has 4 heteroatoms. The van der Waals surface area contributed by atoms with Crippen LogP contribution in [0.15, 0.2) is 48.7 Å². The molecule has 0 N–H and O–H groups in total. The number of hydrogen-bond acceptors (Lipinski definition) is 2. The van der Waals surface area contributed by atoms with Crippen molar-refractivity contribution >= 4 is 17.5 Å². The van der Waals surface area contributed by atoms with Crippen molar-refractivity contribution in [2.75, 3.05) is 0 Å². The summed E-state index contributed by atoms with van der Waals surface area (Å²) in [5.41, 5.74) is 1.47. The zero-order valence-electron chi connectivity index (χ0n) is 11.6. The fraction of sp³-hybridized carbons (Fsp3) is 0.250. The molecule has 0 aliphatic rings. The summed E-state index contributed by atoms with van der Waals surface area (Å²) >= 11 is 5.92. The Kier molecular flexibility index (Phi) is 4.74. The Morgan fingerprint density at radius 1 is 1.25 bits per heavy atom. The highest BCUT2D eigenvalue weighted by Crippen LogP contribution is 2.14. The molecule has 2 rings (SSSR count). The Hall–Kier alpha value is -1.87. The molecule has 20 heavy (non-hydrogen) atoms. The largest absolute Gasteiger partial charge is 0.331 e. The molecular formula is C16H17ClN2O. The first-order valence-corrected chi connectivity index (χ1v) is 6.92. The second-order valence-electron chi connectivity index (χ2n) is 4.87. The lowest BCUT2D eigenvalue weighted by Gasteiger charge is -2.26. The van der Waals surface area contributed by atoms with E-state index in [4.69, 9.17) is 11.6 Å². The number of carbonyl (C=O) groups is 1. The first kappa shape index (κ1) is 14.5. The van der Waals surface area contributed by atoms with Gasteiger partial charge >= 0.3 is 0 Å². The zero-order valence-corrected chi connectivity index (χ0v) is 12.3. The first-order chi connectivity index (χ1) is 9.58. The quantitative estimate of drug-likeness (QED) is 0.858. The molecular weight excluding hydrogens is 272 g/mol. The number of aromatic nitrogens is 1. The van der Waals surface area contributed by atoms with Crippen molar-refractivity contribution in [1.82, 2.24) is 9.88 Å². The summed E-state index contributed by atoms with van der Waals surface area (Å²) < 4.78 is 0. The predicted octanol–water partition coefficient (Wildman–Crippen LogP) is 3.79. The molecule has 1 amide bonds. The van der Waals surface area contributed by atoms with Crippen molar-refractivity contribution in [3.8, 4) is 0 Å². The molecule has 0 spiro atoms. The molecule has 0 fully saturated rings. The number of rotatable bonds is 4. The van der Waals surface area contributed by atoms with Crippen LogP contribution < -0.4 is 0 Å². The van der Waals surface area contributed by atoms with E-state index in [1.54, 1.807) is 23.2 Å². The van der Waals surface area contributed by atoms with Crippen molar-refractivity contribution in [1.29, 1.82) is 0 Å². The first-order valence-electron chi connectivity index (χ1n) is 6.54. The smallest absolute Gasteiger partial charge is 0.273 e. The molecule has 3 nitrogen and oxygen atoms in total.